The van der Waals surface area contributed by atoms with Gasteiger partial charge in [0.1, 0.15) is 17.6 Å². The van der Waals surface area contributed by atoms with Gasteiger partial charge in [0.2, 0.25) is 5.91 Å². The van der Waals surface area contributed by atoms with Crippen LogP contribution in [0.3, 0.4) is 0 Å². The van der Waals surface area contributed by atoms with E-state index in [0.29, 0.717) is 29.4 Å². The molecule has 9 heteroatoms. The maximum atomic E-state index is 13.7. The molecule has 0 radical (unpaired) electrons. The molecule has 2 saturated heterocycles. The number of halogens is 1. The van der Waals surface area contributed by atoms with Crippen molar-refractivity contribution in [3.8, 4) is 11.8 Å². The third-order valence-electron chi connectivity index (χ3n) is 7.68. The Morgan fingerprint density at radius 3 is 2.38 bits per heavy atom. The molecule has 2 aliphatic rings. The van der Waals surface area contributed by atoms with Crippen molar-refractivity contribution in [3.63, 3.8) is 0 Å². The fourth-order valence-electron chi connectivity index (χ4n) is 5.45. The summed E-state index contributed by atoms with van der Waals surface area (Å²) in [5, 5.41) is 9.65. The minimum Gasteiger partial charge on any atom is -0.410 e. The molecule has 2 atom stereocenters. The average molecular weight is 544 g/mol. The summed E-state index contributed by atoms with van der Waals surface area (Å²) in [6.07, 6.45) is 2.56. The highest BCUT2D eigenvalue weighted by atomic mass is 35.5. The van der Waals surface area contributed by atoms with Crippen molar-refractivity contribution >= 4 is 29.4 Å². The van der Waals surface area contributed by atoms with Gasteiger partial charge in [-0.1, -0.05) is 41.9 Å². The Hall–Kier alpha value is -4.09. The van der Waals surface area contributed by atoms with Gasteiger partial charge in [0.05, 0.1) is 11.6 Å². The average Bonchev–Trinajstić information content (AvgIpc) is 3.43. The monoisotopic (exact) mass is 543 g/mol. The van der Waals surface area contributed by atoms with E-state index in [1.165, 1.54) is 0 Å². The van der Waals surface area contributed by atoms with Crippen LogP contribution >= 0.6 is 11.6 Å². The van der Waals surface area contributed by atoms with Crippen molar-refractivity contribution in [2.75, 3.05) is 38.1 Å². The summed E-state index contributed by atoms with van der Waals surface area (Å²) in [5.74, 6) is 1.26. The topological polar surface area (TPSA) is 89.8 Å². The molecule has 39 heavy (non-hydrogen) atoms. The van der Waals surface area contributed by atoms with Gasteiger partial charge in [-0.15, -0.1) is 0 Å². The fourth-order valence-corrected chi connectivity index (χ4v) is 5.57. The molecular weight excluding hydrogens is 514 g/mol. The van der Waals surface area contributed by atoms with E-state index in [2.05, 4.69) is 16.0 Å². The Labute approximate surface area is 233 Å². The Morgan fingerprint density at radius 1 is 1.03 bits per heavy atom. The number of likely N-dealkylation sites (N-methyl/N-ethyl adjacent to an activating group) is 1. The Morgan fingerprint density at radius 2 is 1.74 bits per heavy atom. The zero-order chi connectivity index (χ0) is 27.4. The molecule has 0 aliphatic carbocycles. The summed E-state index contributed by atoms with van der Waals surface area (Å²) in [6, 6.07) is 22.1. The van der Waals surface area contributed by atoms with Gasteiger partial charge in [-0.2, -0.15) is 5.26 Å². The summed E-state index contributed by atoms with van der Waals surface area (Å²) in [7, 11) is 1.73. The van der Waals surface area contributed by atoms with Crippen molar-refractivity contribution in [3.05, 3.63) is 89.1 Å². The fraction of sp³-hybridized carbons (Fsp3) is 0.333. The molecule has 0 spiro atoms. The predicted octanol–water partition coefficient (Wildman–Crippen LogP) is 4.95. The van der Waals surface area contributed by atoms with E-state index in [4.69, 9.17) is 21.6 Å². The van der Waals surface area contributed by atoms with Crippen LogP contribution in [0.15, 0.2) is 72.9 Å². The normalized spacial score (nSPS) is 19.4. The number of hydrogen-bond acceptors (Lipinski definition) is 6. The van der Waals surface area contributed by atoms with E-state index in [-0.39, 0.29) is 23.8 Å². The minimum atomic E-state index is -0.456. The van der Waals surface area contributed by atoms with Crippen LogP contribution in [0.25, 0.3) is 0 Å². The van der Waals surface area contributed by atoms with Crippen LogP contribution < -0.4 is 9.64 Å². The molecule has 0 bridgehead atoms. The number of carbonyl (C=O) groups is 2. The van der Waals surface area contributed by atoms with E-state index in [1.54, 1.807) is 36.3 Å². The third kappa shape index (κ3) is 5.99. The van der Waals surface area contributed by atoms with E-state index >= 15 is 0 Å². The van der Waals surface area contributed by atoms with Crippen LogP contribution in [0.2, 0.25) is 5.02 Å². The molecule has 0 unspecified atom stereocenters. The van der Waals surface area contributed by atoms with Crippen molar-refractivity contribution in [2.24, 2.45) is 5.92 Å². The number of rotatable bonds is 5. The van der Waals surface area contributed by atoms with Crippen molar-refractivity contribution in [1.29, 1.82) is 5.26 Å². The lowest BCUT2D eigenvalue weighted by Crippen LogP contribution is -2.45. The van der Waals surface area contributed by atoms with Crippen LogP contribution in [-0.4, -0.2) is 66.1 Å². The number of hydrogen-bond donors (Lipinski definition) is 0. The Balaban J connectivity index is 1.27. The molecule has 5 rings (SSSR count). The van der Waals surface area contributed by atoms with Gasteiger partial charge in [-0.05, 0) is 54.8 Å². The number of anilines is 1. The smallest absolute Gasteiger partial charge is 0.410 e. The maximum Gasteiger partial charge on any atom is 0.415 e. The molecule has 200 valence electrons. The first kappa shape index (κ1) is 26.5. The van der Waals surface area contributed by atoms with Crippen LogP contribution in [0.5, 0.6) is 5.75 Å². The number of piperidine rings is 1. The van der Waals surface area contributed by atoms with Crippen molar-refractivity contribution in [2.45, 2.75) is 24.8 Å². The SMILES string of the molecule is CN(C(=O)Oc1ccccc1)[C@@H]1CN(C(=O)C2CCN(c3ccc(C#N)cn3)CC2)C[C@H]1c1ccc(Cl)cc1. The molecule has 8 nitrogen and oxygen atoms in total. The summed E-state index contributed by atoms with van der Waals surface area (Å²) >= 11 is 6.14. The van der Waals surface area contributed by atoms with Crippen LogP contribution in [-0.2, 0) is 4.79 Å². The first-order chi connectivity index (χ1) is 18.9. The zero-order valence-electron chi connectivity index (χ0n) is 21.7. The third-order valence-corrected chi connectivity index (χ3v) is 7.93. The number of benzene rings is 2. The van der Waals surface area contributed by atoms with Crippen LogP contribution in [0.4, 0.5) is 10.6 Å². The maximum absolute atomic E-state index is 13.7. The molecule has 3 aromatic rings. The summed E-state index contributed by atoms with van der Waals surface area (Å²) in [6.45, 7) is 2.39. The molecule has 2 fully saturated rings. The molecule has 3 heterocycles. The molecule has 1 aromatic heterocycles. The second-order valence-electron chi connectivity index (χ2n) is 10.0. The Kier molecular flexibility index (Phi) is 7.99. The quantitative estimate of drug-likeness (QED) is 0.452. The van der Waals surface area contributed by atoms with E-state index < -0.39 is 6.09 Å². The van der Waals surface area contributed by atoms with Gasteiger partial charge >= 0.3 is 6.09 Å². The van der Waals surface area contributed by atoms with Gasteiger partial charge in [0.15, 0.2) is 0 Å². The second-order valence-corrected chi connectivity index (χ2v) is 10.5. The number of ether oxygens (including phenoxy) is 1. The number of pyridine rings is 1. The Bertz CT molecular complexity index is 1340. The molecule has 0 N–H and O–H groups in total. The van der Waals surface area contributed by atoms with Gasteiger partial charge in [0.25, 0.3) is 0 Å². The molecule has 0 saturated carbocycles. The van der Waals surface area contributed by atoms with Gasteiger partial charge < -0.3 is 19.4 Å². The van der Waals surface area contributed by atoms with Crippen molar-refractivity contribution in [1.82, 2.24) is 14.8 Å². The molecule has 2 aromatic carbocycles. The lowest BCUT2D eigenvalue weighted by atomic mass is 9.93. The molecule has 2 aliphatic heterocycles. The van der Waals surface area contributed by atoms with Gasteiger partial charge in [-0.3, -0.25) is 4.79 Å². The molecular formula is C30H30ClN5O3. The highest BCUT2D eigenvalue weighted by molar-refractivity contribution is 6.30. The highest BCUT2D eigenvalue weighted by Gasteiger charge is 2.42. The number of likely N-dealkylation sites (tertiary alicyclic amines) is 1. The van der Waals surface area contributed by atoms with E-state index in [0.717, 1.165) is 37.3 Å². The van der Waals surface area contributed by atoms with E-state index in [1.807, 2.05) is 53.4 Å². The number of para-hydroxylation sites is 1. The number of carbonyl (C=O) groups excluding carboxylic acids is 2. The number of nitriles is 1. The number of nitrogens with zero attached hydrogens (tertiary/aromatic N) is 5. The van der Waals surface area contributed by atoms with Crippen LogP contribution in [0.1, 0.15) is 29.9 Å². The first-order valence-electron chi connectivity index (χ1n) is 13.1. The lowest BCUT2D eigenvalue weighted by molar-refractivity contribution is -0.135. The number of amides is 2. The zero-order valence-corrected chi connectivity index (χ0v) is 22.5. The standard InChI is InChI=1S/C30H30ClN5O3/c1-34(30(38)39-25-5-3-2-4-6-25)27-20-36(19-26(27)22-8-10-24(31)11-9-22)29(37)23-13-15-35(16-14-23)28-12-7-21(17-32)18-33-28/h2-12,18,23,26-27H,13-16,19-20H2,1H3/t26-,27+/m0/s1. The van der Waals surface area contributed by atoms with Crippen molar-refractivity contribution < 1.29 is 14.3 Å². The van der Waals surface area contributed by atoms with Gasteiger partial charge in [0, 0.05) is 56.3 Å². The first-order valence-corrected chi connectivity index (χ1v) is 13.5. The highest BCUT2D eigenvalue weighted by Crippen LogP contribution is 2.34. The van der Waals surface area contributed by atoms with E-state index in [9.17, 15) is 9.59 Å². The van der Waals surface area contributed by atoms with Gasteiger partial charge in [-0.25, -0.2) is 9.78 Å². The summed E-state index contributed by atoms with van der Waals surface area (Å²) < 4.78 is 5.61. The summed E-state index contributed by atoms with van der Waals surface area (Å²) in [4.78, 5) is 36.8. The summed E-state index contributed by atoms with van der Waals surface area (Å²) in [5.41, 5.74) is 1.56. The minimum absolute atomic E-state index is 0.0672. The largest absolute Gasteiger partial charge is 0.415 e. The molecule has 2 amide bonds. The lowest BCUT2D eigenvalue weighted by Gasteiger charge is -2.34. The number of aromatic nitrogens is 1. The predicted molar refractivity (Wildman–Crippen MR) is 149 cm³/mol. The van der Waals surface area contributed by atoms with Crippen LogP contribution in [0, 0.1) is 17.2 Å². The second kappa shape index (κ2) is 11.7.